The van der Waals surface area contributed by atoms with Crippen molar-refractivity contribution in [3.05, 3.63) is 35.1 Å². The van der Waals surface area contributed by atoms with E-state index in [2.05, 4.69) is 11.4 Å². The van der Waals surface area contributed by atoms with Crippen molar-refractivity contribution in [3.8, 4) is 0 Å². The number of hydrogen-bond acceptors (Lipinski definition) is 1. The SMILES string of the molecule is Cc1cc(F)cc([C@@H]2CCCN2)c1. The van der Waals surface area contributed by atoms with E-state index < -0.39 is 0 Å². The summed E-state index contributed by atoms with van der Waals surface area (Å²) in [6, 6.07) is 5.63. The molecular weight excluding hydrogens is 165 g/mol. The quantitative estimate of drug-likeness (QED) is 0.698. The Morgan fingerprint density at radius 2 is 2.23 bits per heavy atom. The fourth-order valence-electron chi connectivity index (χ4n) is 1.93. The van der Waals surface area contributed by atoms with Gasteiger partial charge < -0.3 is 5.32 Å². The maximum absolute atomic E-state index is 13.1. The van der Waals surface area contributed by atoms with Gasteiger partial charge in [0.1, 0.15) is 5.82 Å². The Morgan fingerprint density at radius 3 is 2.85 bits per heavy atom. The minimum Gasteiger partial charge on any atom is -0.310 e. The second kappa shape index (κ2) is 3.46. The summed E-state index contributed by atoms with van der Waals surface area (Å²) in [4.78, 5) is 0. The van der Waals surface area contributed by atoms with E-state index in [-0.39, 0.29) is 5.82 Å². The van der Waals surface area contributed by atoms with Gasteiger partial charge >= 0.3 is 0 Å². The molecule has 1 aliphatic heterocycles. The van der Waals surface area contributed by atoms with E-state index in [9.17, 15) is 4.39 Å². The minimum atomic E-state index is -0.122. The zero-order valence-electron chi connectivity index (χ0n) is 7.81. The molecule has 0 radical (unpaired) electrons. The van der Waals surface area contributed by atoms with Gasteiger partial charge in [0, 0.05) is 6.04 Å². The highest BCUT2D eigenvalue weighted by atomic mass is 19.1. The van der Waals surface area contributed by atoms with Gasteiger partial charge in [0.2, 0.25) is 0 Å². The van der Waals surface area contributed by atoms with Crippen molar-refractivity contribution in [1.29, 1.82) is 0 Å². The van der Waals surface area contributed by atoms with E-state index in [1.54, 1.807) is 12.1 Å². The van der Waals surface area contributed by atoms with Gasteiger partial charge in [-0.1, -0.05) is 6.07 Å². The van der Waals surface area contributed by atoms with Crippen LogP contribution in [0.15, 0.2) is 18.2 Å². The maximum atomic E-state index is 13.1. The normalized spacial score (nSPS) is 22.2. The lowest BCUT2D eigenvalue weighted by Crippen LogP contribution is -2.13. The van der Waals surface area contributed by atoms with E-state index in [1.807, 2.05) is 6.92 Å². The molecule has 2 heteroatoms. The van der Waals surface area contributed by atoms with Crippen molar-refractivity contribution >= 4 is 0 Å². The van der Waals surface area contributed by atoms with Crippen LogP contribution in [0.4, 0.5) is 4.39 Å². The largest absolute Gasteiger partial charge is 0.310 e. The number of benzene rings is 1. The molecule has 0 amide bonds. The molecule has 0 bridgehead atoms. The third-order valence-electron chi connectivity index (χ3n) is 2.53. The second-order valence-corrected chi connectivity index (χ2v) is 3.71. The monoisotopic (exact) mass is 179 g/mol. The molecule has 13 heavy (non-hydrogen) atoms. The molecule has 70 valence electrons. The van der Waals surface area contributed by atoms with Crippen LogP contribution in [-0.2, 0) is 0 Å². The number of rotatable bonds is 1. The van der Waals surface area contributed by atoms with Crippen LogP contribution in [0.25, 0.3) is 0 Å². The van der Waals surface area contributed by atoms with Crippen LogP contribution >= 0.6 is 0 Å². The van der Waals surface area contributed by atoms with Crippen LogP contribution in [0.3, 0.4) is 0 Å². The number of nitrogens with one attached hydrogen (secondary N) is 1. The highest BCUT2D eigenvalue weighted by molar-refractivity contribution is 5.26. The lowest BCUT2D eigenvalue weighted by Gasteiger charge is -2.11. The maximum Gasteiger partial charge on any atom is 0.123 e. The van der Waals surface area contributed by atoms with Gasteiger partial charge in [-0.2, -0.15) is 0 Å². The van der Waals surface area contributed by atoms with E-state index in [4.69, 9.17) is 0 Å². The highest BCUT2D eigenvalue weighted by Gasteiger charge is 2.16. The van der Waals surface area contributed by atoms with Crippen molar-refractivity contribution in [2.45, 2.75) is 25.8 Å². The van der Waals surface area contributed by atoms with E-state index in [0.29, 0.717) is 6.04 Å². The number of hydrogen-bond donors (Lipinski definition) is 1. The van der Waals surface area contributed by atoms with Gasteiger partial charge in [-0.15, -0.1) is 0 Å². The topological polar surface area (TPSA) is 12.0 Å². The fraction of sp³-hybridized carbons (Fsp3) is 0.455. The molecule has 0 unspecified atom stereocenters. The summed E-state index contributed by atoms with van der Waals surface area (Å²) in [7, 11) is 0. The lowest BCUT2D eigenvalue weighted by molar-refractivity contribution is 0.605. The van der Waals surface area contributed by atoms with Crippen molar-refractivity contribution in [2.75, 3.05) is 6.54 Å². The molecule has 0 saturated carbocycles. The van der Waals surface area contributed by atoms with Crippen molar-refractivity contribution in [1.82, 2.24) is 5.32 Å². The van der Waals surface area contributed by atoms with Crippen molar-refractivity contribution in [2.24, 2.45) is 0 Å². The highest BCUT2D eigenvalue weighted by Crippen LogP contribution is 2.24. The lowest BCUT2D eigenvalue weighted by atomic mass is 10.0. The van der Waals surface area contributed by atoms with Crippen molar-refractivity contribution < 1.29 is 4.39 Å². The summed E-state index contributed by atoms with van der Waals surface area (Å²) in [5.41, 5.74) is 2.10. The van der Waals surface area contributed by atoms with Crippen molar-refractivity contribution in [3.63, 3.8) is 0 Å². The predicted octanol–water partition coefficient (Wildman–Crippen LogP) is 2.56. The van der Waals surface area contributed by atoms with Crippen LogP contribution in [0.5, 0.6) is 0 Å². The third kappa shape index (κ3) is 1.89. The van der Waals surface area contributed by atoms with Gasteiger partial charge in [-0.05, 0) is 49.6 Å². The van der Waals surface area contributed by atoms with Crippen LogP contribution in [-0.4, -0.2) is 6.54 Å². The molecule has 1 aromatic rings. The minimum absolute atomic E-state index is 0.122. The van der Waals surface area contributed by atoms with Gasteiger partial charge in [0.05, 0.1) is 0 Å². The second-order valence-electron chi connectivity index (χ2n) is 3.71. The molecule has 0 aromatic heterocycles. The summed E-state index contributed by atoms with van der Waals surface area (Å²) in [6.07, 6.45) is 2.32. The Labute approximate surface area is 78.0 Å². The molecule has 1 nitrogen and oxygen atoms in total. The molecule has 1 aliphatic rings. The zero-order valence-corrected chi connectivity index (χ0v) is 7.81. The average molecular weight is 179 g/mol. The third-order valence-corrected chi connectivity index (χ3v) is 2.53. The number of aryl methyl sites for hydroxylation is 1. The molecular formula is C11H14FN. The molecule has 1 fully saturated rings. The first-order chi connectivity index (χ1) is 6.25. The van der Waals surface area contributed by atoms with E-state index in [0.717, 1.165) is 24.1 Å². The summed E-state index contributed by atoms with van der Waals surface area (Å²) in [6.45, 7) is 2.99. The standard InChI is InChI=1S/C11H14FN/c1-8-5-9(7-10(12)6-8)11-3-2-4-13-11/h5-7,11,13H,2-4H2,1H3/t11-/m0/s1. The Bertz CT molecular complexity index is 283. The first kappa shape index (κ1) is 8.70. The molecule has 1 saturated heterocycles. The molecule has 1 atom stereocenters. The van der Waals surface area contributed by atoms with E-state index in [1.165, 1.54) is 6.42 Å². The predicted molar refractivity (Wildman–Crippen MR) is 51.1 cm³/mol. The molecule has 1 N–H and O–H groups in total. The van der Waals surface area contributed by atoms with Gasteiger partial charge in [0.15, 0.2) is 0 Å². The zero-order chi connectivity index (χ0) is 9.26. The van der Waals surface area contributed by atoms with Crippen LogP contribution in [0, 0.1) is 12.7 Å². The molecule has 0 spiro atoms. The first-order valence-corrected chi connectivity index (χ1v) is 4.76. The number of halogens is 1. The molecule has 1 aromatic carbocycles. The first-order valence-electron chi connectivity index (χ1n) is 4.76. The molecule has 0 aliphatic carbocycles. The Kier molecular flexibility index (Phi) is 2.32. The summed E-state index contributed by atoms with van der Waals surface area (Å²) in [5, 5.41) is 3.36. The summed E-state index contributed by atoms with van der Waals surface area (Å²) < 4.78 is 13.1. The van der Waals surface area contributed by atoms with Gasteiger partial charge in [-0.3, -0.25) is 0 Å². The van der Waals surface area contributed by atoms with Gasteiger partial charge in [0.25, 0.3) is 0 Å². The van der Waals surface area contributed by atoms with Crippen LogP contribution in [0.2, 0.25) is 0 Å². The summed E-state index contributed by atoms with van der Waals surface area (Å²) in [5.74, 6) is -0.122. The Balaban J connectivity index is 2.28. The van der Waals surface area contributed by atoms with Crippen LogP contribution in [0.1, 0.15) is 30.0 Å². The smallest absolute Gasteiger partial charge is 0.123 e. The molecule has 1 heterocycles. The van der Waals surface area contributed by atoms with E-state index >= 15 is 0 Å². The van der Waals surface area contributed by atoms with Crippen LogP contribution < -0.4 is 5.32 Å². The fourth-order valence-corrected chi connectivity index (χ4v) is 1.93. The Hall–Kier alpha value is -0.890. The Morgan fingerprint density at radius 1 is 1.38 bits per heavy atom. The summed E-state index contributed by atoms with van der Waals surface area (Å²) >= 11 is 0. The molecule has 2 rings (SSSR count). The average Bonchev–Trinajstić information content (AvgIpc) is 2.53. The van der Waals surface area contributed by atoms with Gasteiger partial charge in [-0.25, -0.2) is 4.39 Å².